The summed E-state index contributed by atoms with van der Waals surface area (Å²) in [6.45, 7) is 6.71. The van der Waals surface area contributed by atoms with Gasteiger partial charge in [0.1, 0.15) is 11.4 Å². The van der Waals surface area contributed by atoms with Gasteiger partial charge in [0.25, 0.3) is 0 Å². The first-order chi connectivity index (χ1) is 9.19. The Balaban J connectivity index is 1.85. The van der Waals surface area contributed by atoms with E-state index in [4.69, 9.17) is 9.47 Å². The van der Waals surface area contributed by atoms with Gasteiger partial charge in [-0.1, -0.05) is 6.07 Å². The predicted octanol–water partition coefficient (Wildman–Crippen LogP) is 2.86. The molecule has 104 valence electrons. The van der Waals surface area contributed by atoms with Crippen LogP contribution < -0.4 is 15.4 Å². The number of rotatable bonds is 2. The third-order valence-corrected chi connectivity index (χ3v) is 3.84. The molecule has 19 heavy (non-hydrogen) atoms. The number of hydrogen-bond acceptors (Lipinski definition) is 4. The minimum absolute atomic E-state index is 0.141. The Labute approximate surface area is 114 Å². The van der Waals surface area contributed by atoms with E-state index in [0.717, 1.165) is 49.7 Å². The van der Waals surface area contributed by atoms with E-state index in [1.165, 1.54) is 0 Å². The lowest BCUT2D eigenvalue weighted by molar-refractivity contribution is 0.0634. The second-order valence-corrected chi connectivity index (χ2v) is 5.72. The van der Waals surface area contributed by atoms with Crippen LogP contribution in [0.3, 0.4) is 0 Å². The van der Waals surface area contributed by atoms with E-state index in [-0.39, 0.29) is 11.6 Å². The molecule has 1 saturated heterocycles. The standard InChI is InChI=1S/C15H22N2O2/c1-11(2)19-13-5-3-4-12-14(13)16-10-15(17-12)6-8-18-9-7-15/h3-5,11,16-17H,6-10H2,1-2H3. The van der Waals surface area contributed by atoms with Crippen molar-refractivity contribution in [2.75, 3.05) is 30.4 Å². The van der Waals surface area contributed by atoms with Gasteiger partial charge in [-0.05, 0) is 38.8 Å². The van der Waals surface area contributed by atoms with E-state index in [1.807, 2.05) is 12.1 Å². The van der Waals surface area contributed by atoms with Gasteiger partial charge in [-0.15, -0.1) is 0 Å². The molecule has 0 unspecified atom stereocenters. The Hall–Kier alpha value is -1.42. The maximum atomic E-state index is 5.86. The summed E-state index contributed by atoms with van der Waals surface area (Å²) in [4.78, 5) is 0. The molecule has 4 nitrogen and oxygen atoms in total. The highest BCUT2D eigenvalue weighted by molar-refractivity contribution is 5.78. The van der Waals surface area contributed by atoms with E-state index >= 15 is 0 Å². The summed E-state index contributed by atoms with van der Waals surface area (Å²) < 4.78 is 11.3. The third-order valence-electron chi connectivity index (χ3n) is 3.84. The fourth-order valence-corrected chi connectivity index (χ4v) is 2.82. The molecule has 2 N–H and O–H groups in total. The molecule has 2 heterocycles. The lowest BCUT2D eigenvalue weighted by Gasteiger charge is -2.43. The van der Waals surface area contributed by atoms with Crippen molar-refractivity contribution in [3.8, 4) is 5.75 Å². The first-order valence-corrected chi connectivity index (χ1v) is 7.08. The van der Waals surface area contributed by atoms with E-state index < -0.39 is 0 Å². The monoisotopic (exact) mass is 262 g/mol. The Morgan fingerprint density at radius 3 is 2.79 bits per heavy atom. The molecular formula is C15H22N2O2. The molecule has 4 heteroatoms. The van der Waals surface area contributed by atoms with Crippen molar-refractivity contribution in [1.29, 1.82) is 0 Å². The Bertz CT molecular complexity index is 453. The molecule has 1 aromatic rings. The van der Waals surface area contributed by atoms with Gasteiger partial charge >= 0.3 is 0 Å². The van der Waals surface area contributed by atoms with E-state index in [1.54, 1.807) is 0 Å². The lowest BCUT2D eigenvalue weighted by Crippen LogP contribution is -2.51. The molecule has 0 bridgehead atoms. The van der Waals surface area contributed by atoms with Crippen molar-refractivity contribution in [2.24, 2.45) is 0 Å². The van der Waals surface area contributed by atoms with Crippen LogP contribution in [0.1, 0.15) is 26.7 Å². The van der Waals surface area contributed by atoms with Crippen LogP contribution >= 0.6 is 0 Å². The Kier molecular flexibility index (Phi) is 3.27. The molecule has 1 fully saturated rings. The molecule has 0 aliphatic carbocycles. The summed E-state index contributed by atoms with van der Waals surface area (Å²) in [5.74, 6) is 0.932. The van der Waals surface area contributed by atoms with E-state index in [2.05, 4.69) is 30.5 Å². The van der Waals surface area contributed by atoms with Crippen molar-refractivity contribution in [3.63, 3.8) is 0 Å². The minimum Gasteiger partial charge on any atom is -0.489 e. The van der Waals surface area contributed by atoms with Crippen LogP contribution in [-0.4, -0.2) is 31.4 Å². The van der Waals surface area contributed by atoms with Gasteiger partial charge in [0.15, 0.2) is 0 Å². The van der Waals surface area contributed by atoms with Crippen LogP contribution in [0.25, 0.3) is 0 Å². The average molecular weight is 262 g/mol. The van der Waals surface area contributed by atoms with Gasteiger partial charge in [-0.3, -0.25) is 0 Å². The summed E-state index contributed by atoms with van der Waals surface area (Å²) in [5.41, 5.74) is 2.38. The summed E-state index contributed by atoms with van der Waals surface area (Å²) in [5, 5.41) is 7.26. The van der Waals surface area contributed by atoms with Crippen LogP contribution in [-0.2, 0) is 4.74 Å². The van der Waals surface area contributed by atoms with Crippen molar-refractivity contribution >= 4 is 11.4 Å². The third kappa shape index (κ3) is 2.50. The number of benzene rings is 1. The zero-order valence-corrected chi connectivity index (χ0v) is 11.7. The largest absolute Gasteiger partial charge is 0.489 e. The number of fused-ring (bicyclic) bond motifs is 1. The maximum absolute atomic E-state index is 5.86. The second kappa shape index (κ2) is 4.93. The van der Waals surface area contributed by atoms with E-state index in [0.29, 0.717) is 0 Å². The minimum atomic E-state index is 0.141. The zero-order chi connectivity index (χ0) is 13.3. The van der Waals surface area contributed by atoms with Gasteiger partial charge in [-0.2, -0.15) is 0 Å². The fraction of sp³-hybridized carbons (Fsp3) is 0.600. The normalized spacial score (nSPS) is 20.6. The highest BCUT2D eigenvalue weighted by Crippen LogP contribution is 2.40. The van der Waals surface area contributed by atoms with Crippen LogP contribution in [0, 0.1) is 0 Å². The Morgan fingerprint density at radius 2 is 2.05 bits per heavy atom. The maximum Gasteiger partial charge on any atom is 0.144 e. The average Bonchev–Trinajstić information content (AvgIpc) is 2.39. The van der Waals surface area contributed by atoms with Gasteiger partial charge < -0.3 is 20.1 Å². The predicted molar refractivity (Wildman–Crippen MR) is 77.1 cm³/mol. The van der Waals surface area contributed by atoms with Gasteiger partial charge in [0, 0.05) is 19.8 Å². The second-order valence-electron chi connectivity index (χ2n) is 5.72. The number of hydrogen-bond donors (Lipinski definition) is 2. The highest BCUT2D eigenvalue weighted by Gasteiger charge is 2.36. The number of para-hydroxylation sites is 1. The number of ether oxygens (including phenoxy) is 2. The quantitative estimate of drug-likeness (QED) is 0.860. The molecule has 2 aliphatic heterocycles. The van der Waals surface area contributed by atoms with Crippen molar-refractivity contribution < 1.29 is 9.47 Å². The highest BCUT2D eigenvalue weighted by atomic mass is 16.5. The van der Waals surface area contributed by atoms with E-state index in [9.17, 15) is 0 Å². The summed E-state index contributed by atoms with van der Waals surface area (Å²) in [6, 6.07) is 6.19. The first kappa shape index (κ1) is 12.6. The molecule has 0 aromatic heterocycles. The molecule has 1 spiro atoms. The van der Waals surface area contributed by atoms with Crippen molar-refractivity contribution in [1.82, 2.24) is 0 Å². The molecular weight excluding hydrogens is 240 g/mol. The number of nitrogens with one attached hydrogen (secondary N) is 2. The summed E-state index contributed by atoms with van der Waals surface area (Å²) in [7, 11) is 0. The molecule has 0 atom stereocenters. The zero-order valence-electron chi connectivity index (χ0n) is 11.7. The molecule has 0 radical (unpaired) electrons. The molecule has 0 amide bonds. The van der Waals surface area contributed by atoms with Crippen LogP contribution in [0.5, 0.6) is 5.75 Å². The first-order valence-electron chi connectivity index (χ1n) is 7.08. The van der Waals surface area contributed by atoms with Crippen molar-refractivity contribution in [2.45, 2.75) is 38.3 Å². The Morgan fingerprint density at radius 1 is 1.26 bits per heavy atom. The van der Waals surface area contributed by atoms with Crippen LogP contribution in [0.4, 0.5) is 11.4 Å². The van der Waals surface area contributed by atoms with Gasteiger partial charge in [0.05, 0.1) is 17.3 Å². The fourth-order valence-electron chi connectivity index (χ4n) is 2.82. The van der Waals surface area contributed by atoms with Crippen molar-refractivity contribution in [3.05, 3.63) is 18.2 Å². The lowest BCUT2D eigenvalue weighted by atomic mass is 9.87. The number of anilines is 2. The topological polar surface area (TPSA) is 42.5 Å². The van der Waals surface area contributed by atoms with Crippen LogP contribution in [0.2, 0.25) is 0 Å². The SMILES string of the molecule is CC(C)Oc1cccc2c1NCC1(CCOCC1)N2. The smallest absolute Gasteiger partial charge is 0.144 e. The molecule has 0 saturated carbocycles. The molecule has 2 aliphatic rings. The van der Waals surface area contributed by atoms with Gasteiger partial charge in [0.2, 0.25) is 0 Å². The summed E-state index contributed by atoms with van der Waals surface area (Å²) in [6.07, 6.45) is 2.29. The van der Waals surface area contributed by atoms with Crippen LogP contribution in [0.15, 0.2) is 18.2 Å². The molecule has 3 rings (SSSR count). The van der Waals surface area contributed by atoms with Gasteiger partial charge in [-0.25, -0.2) is 0 Å². The molecule has 1 aromatic carbocycles. The summed E-state index contributed by atoms with van der Waals surface area (Å²) >= 11 is 0.